The molecular formula is C9H20N2O3. The van der Waals surface area contributed by atoms with Gasteiger partial charge < -0.3 is 20.4 Å². The number of nitrogens with one attached hydrogen (secondary N) is 1. The summed E-state index contributed by atoms with van der Waals surface area (Å²) in [6.45, 7) is 3.64. The van der Waals surface area contributed by atoms with Crippen molar-refractivity contribution in [3.05, 3.63) is 0 Å². The lowest BCUT2D eigenvalue weighted by molar-refractivity contribution is -0.130. The minimum Gasteiger partial charge on any atom is -0.395 e. The summed E-state index contributed by atoms with van der Waals surface area (Å²) in [7, 11) is 1.72. The van der Waals surface area contributed by atoms with Crippen molar-refractivity contribution in [2.24, 2.45) is 0 Å². The Morgan fingerprint density at radius 3 is 2.21 bits per heavy atom. The maximum absolute atomic E-state index is 11.4. The zero-order valence-corrected chi connectivity index (χ0v) is 9.03. The Kier molecular flexibility index (Phi) is 6.44. The average Bonchev–Trinajstić information content (AvgIpc) is 2.17. The van der Waals surface area contributed by atoms with Crippen molar-refractivity contribution < 1.29 is 15.0 Å². The Morgan fingerprint density at radius 2 is 1.86 bits per heavy atom. The highest BCUT2D eigenvalue weighted by atomic mass is 16.3. The van der Waals surface area contributed by atoms with E-state index in [1.165, 1.54) is 0 Å². The Labute approximate surface area is 84.7 Å². The molecule has 0 aromatic carbocycles. The van der Waals surface area contributed by atoms with Crippen LogP contribution in [0.2, 0.25) is 0 Å². The van der Waals surface area contributed by atoms with Gasteiger partial charge in [0, 0.05) is 13.1 Å². The monoisotopic (exact) mass is 204 g/mol. The fraction of sp³-hybridized carbons (Fsp3) is 0.889. The molecule has 5 heteroatoms. The van der Waals surface area contributed by atoms with Gasteiger partial charge in [-0.05, 0) is 13.8 Å². The quantitative estimate of drug-likeness (QED) is 0.508. The molecule has 84 valence electrons. The SMILES string of the molecule is CC(C)N(C)C(=O)CNC(CO)CO. The maximum atomic E-state index is 11.4. The zero-order chi connectivity index (χ0) is 11.1. The van der Waals surface area contributed by atoms with Gasteiger partial charge in [0.05, 0.1) is 25.8 Å². The lowest BCUT2D eigenvalue weighted by Gasteiger charge is -2.22. The van der Waals surface area contributed by atoms with Crippen LogP contribution < -0.4 is 5.32 Å². The lowest BCUT2D eigenvalue weighted by Crippen LogP contribution is -2.44. The van der Waals surface area contributed by atoms with Gasteiger partial charge in [0.25, 0.3) is 0 Å². The smallest absolute Gasteiger partial charge is 0.236 e. The summed E-state index contributed by atoms with van der Waals surface area (Å²) in [5, 5.41) is 20.2. The fourth-order valence-electron chi connectivity index (χ4n) is 0.831. The van der Waals surface area contributed by atoms with Crippen molar-refractivity contribution in [2.75, 3.05) is 26.8 Å². The van der Waals surface area contributed by atoms with Gasteiger partial charge >= 0.3 is 0 Å². The normalized spacial score (nSPS) is 11.1. The number of nitrogens with zero attached hydrogens (tertiary/aromatic N) is 1. The van der Waals surface area contributed by atoms with E-state index in [0.717, 1.165) is 0 Å². The van der Waals surface area contributed by atoms with Crippen molar-refractivity contribution in [1.82, 2.24) is 10.2 Å². The molecule has 0 unspecified atom stereocenters. The van der Waals surface area contributed by atoms with Gasteiger partial charge in [0.1, 0.15) is 0 Å². The van der Waals surface area contributed by atoms with Crippen molar-refractivity contribution in [3.63, 3.8) is 0 Å². The van der Waals surface area contributed by atoms with Crippen LogP contribution in [0.3, 0.4) is 0 Å². The average molecular weight is 204 g/mol. The standard InChI is InChI=1S/C9H20N2O3/c1-7(2)11(3)9(14)4-10-8(5-12)6-13/h7-8,10,12-13H,4-6H2,1-3H3. The van der Waals surface area contributed by atoms with Gasteiger partial charge in [-0.15, -0.1) is 0 Å². The Morgan fingerprint density at radius 1 is 1.36 bits per heavy atom. The Bertz CT molecular complexity index is 169. The first-order valence-electron chi connectivity index (χ1n) is 4.73. The van der Waals surface area contributed by atoms with E-state index in [0.29, 0.717) is 0 Å². The second kappa shape index (κ2) is 6.75. The molecule has 0 atom stereocenters. The largest absolute Gasteiger partial charge is 0.395 e. The highest BCUT2D eigenvalue weighted by molar-refractivity contribution is 5.78. The lowest BCUT2D eigenvalue weighted by atomic mass is 10.3. The van der Waals surface area contributed by atoms with Crippen LogP contribution in [0.5, 0.6) is 0 Å². The second-order valence-corrected chi connectivity index (χ2v) is 3.54. The first-order chi connectivity index (χ1) is 6.52. The molecule has 0 aromatic heterocycles. The molecule has 0 heterocycles. The summed E-state index contributed by atoms with van der Waals surface area (Å²) in [6.07, 6.45) is 0. The maximum Gasteiger partial charge on any atom is 0.236 e. The third kappa shape index (κ3) is 4.55. The van der Waals surface area contributed by atoms with Gasteiger partial charge in [-0.3, -0.25) is 4.79 Å². The summed E-state index contributed by atoms with van der Waals surface area (Å²) >= 11 is 0. The van der Waals surface area contributed by atoms with E-state index >= 15 is 0 Å². The molecule has 0 bridgehead atoms. The van der Waals surface area contributed by atoms with E-state index in [2.05, 4.69) is 5.32 Å². The molecule has 0 radical (unpaired) electrons. The minimum atomic E-state index is -0.417. The van der Waals surface area contributed by atoms with Gasteiger partial charge in [0.15, 0.2) is 0 Å². The topological polar surface area (TPSA) is 72.8 Å². The highest BCUT2D eigenvalue weighted by Gasteiger charge is 2.13. The molecule has 5 nitrogen and oxygen atoms in total. The number of carbonyl (C=O) groups excluding carboxylic acids is 1. The second-order valence-electron chi connectivity index (χ2n) is 3.54. The van der Waals surface area contributed by atoms with Crippen LogP contribution in [0.25, 0.3) is 0 Å². The van der Waals surface area contributed by atoms with Gasteiger partial charge in [0.2, 0.25) is 5.91 Å². The van der Waals surface area contributed by atoms with Crippen LogP contribution in [0.4, 0.5) is 0 Å². The number of rotatable bonds is 6. The molecule has 3 N–H and O–H groups in total. The first-order valence-corrected chi connectivity index (χ1v) is 4.73. The van der Waals surface area contributed by atoms with Gasteiger partial charge in [-0.1, -0.05) is 0 Å². The predicted octanol–water partition coefficient (Wildman–Crippen LogP) is -1.20. The Hall–Kier alpha value is -0.650. The van der Waals surface area contributed by atoms with Crippen LogP contribution in [0, 0.1) is 0 Å². The number of carbonyl (C=O) groups is 1. The summed E-state index contributed by atoms with van der Waals surface area (Å²) in [5.41, 5.74) is 0. The highest BCUT2D eigenvalue weighted by Crippen LogP contribution is 1.93. The van der Waals surface area contributed by atoms with Crippen molar-refractivity contribution in [2.45, 2.75) is 25.9 Å². The van der Waals surface area contributed by atoms with E-state index in [1.807, 2.05) is 13.8 Å². The Balaban J connectivity index is 3.83. The van der Waals surface area contributed by atoms with E-state index in [9.17, 15) is 4.79 Å². The molecule has 0 aliphatic carbocycles. The van der Waals surface area contributed by atoms with Crippen LogP contribution in [0.1, 0.15) is 13.8 Å². The summed E-state index contributed by atoms with van der Waals surface area (Å²) in [4.78, 5) is 13.0. The van der Waals surface area contributed by atoms with E-state index < -0.39 is 6.04 Å². The van der Waals surface area contributed by atoms with E-state index in [-0.39, 0.29) is 31.7 Å². The molecule has 14 heavy (non-hydrogen) atoms. The van der Waals surface area contributed by atoms with Gasteiger partial charge in [-0.25, -0.2) is 0 Å². The van der Waals surface area contributed by atoms with E-state index in [1.54, 1.807) is 11.9 Å². The first kappa shape index (κ1) is 13.4. The third-order valence-electron chi connectivity index (χ3n) is 2.15. The molecule has 0 rings (SSSR count). The van der Waals surface area contributed by atoms with Crippen molar-refractivity contribution in [3.8, 4) is 0 Å². The third-order valence-corrected chi connectivity index (χ3v) is 2.15. The molecule has 0 aromatic rings. The molecule has 0 spiro atoms. The number of amides is 1. The van der Waals surface area contributed by atoms with E-state index in [4.69, 9.17) is 10.2 Å². The molecule has 0 aliphatic rings. The molecular weight excluding hydrogens is 184 g/mol. The predicted molar refractivity (Wildman–Crippen MR) is 53.9 cm³/mol. The van der Waals surface area contributed by atoms with Crippen LogP contribution in [-0.2, 0) is 4.79 Å². The zero-order valence-electron chi connectivity index (χ0n) is 9.03. The van der Waals surface area contributed by atoms with Gasteiger partial charge in [-0.2, -0.15) is 0 Å². The number of aliphatic hydroxyl groups excluding tert-OH is 2. The van der Waals surface area contributed by atoms with Crippen LogP contribution >= 0.6 is 0 Å². The summed E-state index contributed by atoms with van der Waals surface area (Å²) < 4.78 is 0. The molecule has 0 saturated carbocycles. The molecule has 0 saturated heterocycles. The van der Waals surface area contributed by atoms with Crippen molar-refractivity contribution in [1.29, 1.82) is 0 Å². The fourth-order valence-corrected chi connectivity index (χ4v) is 0.831. The van der Waals surface area contributed by atoms with Crippen LogP contribution in [0.15, 0.2) is 0 Å². The number of likely N-dealkylation sites (N-methyl/N-ethyl adjacent to an activating group) is 1. The van der Waals surface area contributed by atoms with Crippen LogP contribution in [-0.4, -0.2) is 59.9 Å². The molecule has 0 fully saturated rings. The summed E-state index contributed by atoms with van der Waals surface area (Å²) in [6, 6.07) is -0.259. The minimum absolute atomic E-state index is 0.0492. The summed E-state index contributed by atoms with van der Waals surface area (Å²) in [5.74, 6) is -0.0492. The molecule has 1 amide bonds. The number of aliphatic hydroxyl groups is 2. The number of hydrogen-bond donors (Lipinski definition) is 3. The number of hydrogen-bond acceptors (Lipinski definition) is 4. The molecule has 0 aliphatic heterocycles. The van der Waals surface area contributed by atoms with Crippen molar-refractivity contribution >= 4 is 5.91 Å².